The number of halogens is 1. The molecule has 2 unspecified atom stereocenters. The first kappa shape index (κ1) is 15.4. The molecule has 2 fully saturated rings. The molecule has 2 aliphatic carbocycles. The maximum absolute atomic E-state index is 6.40. The number of ether oxygens (including phenoxy) is 1. The highest BCUT2D eigenvalue weighted by Gasteiger charge is 2.55. The number of hydrogen-bond acceptors (Lipinski definition) is 1. The van der Waals surface area contributed by atoms with E-state index in [1.165, 1.54) is 43.2 Å². The summed E-state index contributed by atoms with van der Waals surface area (Å²) in [5.41, 5.74) is 3.19. The van der Waals surface area contributed by atoms with Gasteiger partial charge >= 0.3 is 0 Å². The van der Waals surface area contributed by atoms with Crippen molar-refractivity contribution in [2.45, 2.75) is 76.1 Å². The quantitative estimate of drug-likeness (QED) is 0.609. The van der Waals surface area contributed by atoms with Crippen LogP contribution in [-0.4, -0.2) is 10.9 Å². The molecule has 0 amide bonds. The molecule has 0 radical (unpaired) electrons. The van der Waals surface area contributed by atoms with Crippen molar-refractivity contribution in [1.29, 1.82) is 0 Å². The van der Waals surface area contributed by atoms with Gasteiger partial charge in [0.1, 0.15) is 11.9 Å². The van der Waals surface area contributed by atoms with E-state index in [0.717, 1.165) is 12.2 Å². The van der Waals surface area contributed by atoms with E-state index >= 15 is 0 Å². The molecule has 21 heavy (non-hydrogen) atoms. The van der Waals surface area contributed by atoms with Gasteiger partial charge in [-0.2, -0.15) is 0 Å². The van der Waals surface area contributed by atoms with Gasteiger partial charge in [0, 0.05) is 10.2 Å². The average Bonchev–Trinajstić information content (AvgIpc) is 2.47. The fourth-order valence-corrected chi connectivity index (χ4v) is 5.34. The molecule has 1 aromatic rings. The van der Waals surface area contributed by atoms with E-state index in [9.17, 15) is 0 Å². The molecule has 1 nitrogen and oxygen atoms in total. The molecule has 2 atom stereocenters. The van der Waals surface area contributed by atoms with Crippen LogP contribution in [-0.2, 0) is 0 Å². The van der Waals surface area contributed by atoms with Crippen LogP contribution in [0.3, 0.4) is 0 Å². The van der Waals surface area contributed by atoms with E-state index in [4.69, 9.17) is 4.74 Å². The van der Waals surface area contributed by atoms with Gasteiger partial charge in [-0.15, -0.1) is 0 Å². The van der Waals surface area contributed by atoms with Gasteiger partial charge < -0.3 is 4.74 Å². The van der Waals surface area contributed by atoms with Crippen LogP contribution in [0.5, 0.6) is 5.75 Å². The van der Waals surface area contributed by atoms with Gasteiger partial charge in [0.15, 0.2) is 0 Å². The molecule has 2 aliphatic rings. The lowest BCUT2D eigenvalue weighted by Gasteiger charge is -2.55. The van der Waals surface area contributed by atoms with Crippen LogP contribution < -0.4 is 4.74 Å². The minimum atomic E-state index is 0.406. The van der Waals surface area contributed by atoms with Crippen molar-refractivity contribution < 1.29 is 4.74 Å². The summed E-state index contributed by atoms with van der Waals surface area (Å²) in [7, 11) is 0. The van der Waals surface area contributed by atoms with Crippen molar-refractivity contribution in [3.05, 3.63) is 29.3 Å². The molecule has 0 saturated heterocycles. The van der Waals surface area contributed by atoms with Crippen molar-refractivity contribution in [2.75, 3.05) is 0 Å². The molecule has 0 aliphatic heterocycles. The molecule has 0 bridgehead atoms. The molecule has 0 aromatic heterocycles. The molecule has 0 N–H and O–H groups in total. The van der Waals surface area contributed by atoms with Crippen LogP contribution in [0.15, 0.2) is 18.2 Å². The summed E-state index contributed by atoms with van der Waals surface area (Å²) in [4.78, 5) is 0.659. The first-order chi connectivity index (χ1) is 10.0. The van der Waals surface area contributed by atoms with E-state index < -0.39 is 0 Å². The molecule has 2 heteroatoms. The highest BCUT2D eigenvalue weighted by molar-refractivity contribution is 9.09. The van der Waals surface area contributed by atoms with Crippen LogP contribution in [0.25, 0.3) is 0 Å². The Labute approximate surface area is 137 Å². The Morgan fingerprint density at radius 1 is 1.19 bits per heavy atom. The SMILES string of the molecule is Cc1cc(OC2CC(Br)C23CCCCC3)ccc1C(C)C. The number of rotatable bonds is 3. The fourth-order valence-electron chi connectivity index (χ4n) is 4.24. The summed E-state index contributed by atoms with van der Waals surface area (Å²) < 4.78 is 6.40. The monoisotopic (exact) mass is 350 g/mol. The second-order valence-corrected chi connectivity index (χ2v) is 8.38. The summed E-state index contributed by atoms with van der Waals surface area (Å²) in [5, 5.41) is 0. The Morgan fingerprint density at radius 2 is 1.90 bits per heavy atom. The van der Waals surface area contributed by atoms with Crippen molar-refractivity contribution in [1.82, 2.24) is 0 Å². The zero-order valence-corrected chi connectivity index (χ0v) is 15.1. The third kappa shape index (κ3) is 2.76. The zero-order chi connectivity index (χ0) is 15.0. The van der Waals surface area contributed by atoms with E-state index in [2.05, 4.69) is 54.9 Å². The third-order valence-corrected chi connectivity index (χ3v) is 6.90. The highest BCUT2D eigenvalue weighted by Crippen LogP contribution is 2.56. The van der Waals surface area contributed by atoms with Crippen molar-refractivity contribution in [3.8, 4) is 5.75 Å². The predicted octanol–water partition coefficient (Wildman–Crippen LogP) is 5.98. The normalized spacial score (nSPS) is 27.7. The minimum absolute atomic E-state index is 0.406. The van der Waals surface area contributed by atoms with Crippen LogP contribution in [0.1, 0.15) is 69.4 Å². The van der Waals surface area contributed by atoms with Crippen LogP contribution in [0.2, 0.25) is 0 Å². The maximum Gasteiger partial charge on any atom is 0.120 e. The number of benzene rings is 1. The van der Waals surface area contributed by atoms with Crippen LogP contribution >= 0.6 is 15.9 Å². The first-order valence-electron chi connectivity index (χ1n) is 8.44. The van der Waals surface area contributed by atoms with E-state index in [-0.39, 0.29) is 0 Å². The number of alkyl halides is 1. The van der Waals surface area contributed by atoms with Gasteiger partial charge in [-0.25, -0.2) is 0 Å². The Kier molecular flexibility index (Phi) is 4.36. The number of hydrogen-bond donors (Lipinski definition) is 0. The Bertz CT molecular complexity index is 502. The fraction of sp³-hybridized carbons (Fsp3) is 0.684. The molecular weight excluding hydrogens is 324 g/mol. The van der Waals surface area contributed by atoms with Crippen molar-refractivity contribution >= 4 is 15.9 Å². The molecule has 3 rings (SSSR count). The maximum atomic E-state index is 6.40. The first-order valence-corrected chi connectivity index (χ1v) is 9.36. The second kappa shape index (κ2) is 5.95. The Balaban J connectivity index is 1.73. The number of aryl methyl sites for hydroxylation is 1. The lowest BCUT2D eigenvalue weighted by atomic mass is 9.58. The standard InChI is InChI=1S/C19H27BrO/c1-13(2)16-8-7-15(11-14(16)3)21-18-12-17(20)19(18)9-5-4-6-10-19/h7-8,11,13,17-18H,4-6,9-10,12H2,1-3H3. The summed E-state index contributed by atoms with van der Waals surface area (Å²) in [5.74, 6) is 1.64. The summed E-state index contributed by atoms with van der Waals surface area (Å²) in [6.45, 7) is 6.70. The van der Waals surface area contributed by atoms with Gasteiger partial charge in [-0.1, -0.05) is 55.1 Å². The molecule has 1 spiro atoms. The smallest absolute Gasteiger partial charge is 0.120 e. The van der Waals surface area contributed by atoms with E-state index in [1.54, 1.807) is 0 Å². The second-order valence-electron chi connectivity index (χ2n) is 7.28. The Morgan fingerprint density at radius 3 is 2.48 bits per heavy atom. The van der Waals surface area contributed by atoms with Gasteiger partial charge in [-0.05, 0) is 55.4 Å². The third-order valence-electron chi connectivity index (χ3n) is 5.61. The summed E-state index contributed by atoms with van der Waals surface area (Å²) >= 11 is 3.90. The average molecular weight is 351 g/mol. The molecular formula is C19H27BrO. The Hall–Kier alpha value is -0.500. The van der Waals surface area contributed by atoms with E-state index in [1.807, 2.05) is 0 Å². The lowest BCUT2D eigenvalue weighted by molar-refractivity contribution is -0.0601. The molecule has 2 saturated carbocycles. The molecule has 0 heterocycles. The van der Waals surface area contributed by atoms with Crippen LogP contribution in [0, 0.1) is 12.3 Å². The van der Waals surface area contributed by atoms with E-state index in [0.29, 0.717) is 22.3 Å². The van der Waals surface area contributed by atoms with Gasteiger partial charge in [0.05, 0.1) is 0 Å². The summed E-state index contributed by atoms with van der Waals surface area (Å²) in [6, 6.07) is 6.64. The van der Waals surface area contributed by atoms with Crippen molar-refractivity contribution in [2.24, 2.45) is 5.41 Å². The van der Waals surface area contributed by atoms with Gasteiger partial charge in [0.25, 0.3) is 0 Å². The zero-order valence-electron chi connectivity index (χ0n) is 13.5. The van der Waals surface area contributed by atoms with Gasteiger partial charge in [0.2, 0.25) is 0 Å². The predicted molar refractivity (Wildman–Crippen MR) is 92.5 cm³/mol. The lowest BCUT2D eigenvalue weighted by Crippen LogP contribution is -2.57. The minimum Gasteiger partial charge on any atom is -0.490 e. The molecule has 116 valence electrons. The molecule has 1 aromatic carbocycles. The van der Waals surface area contributed by atoms with Gasteiger partial charge in [-0.3, -0.25) is 0 Å². The largest absolute Gasteiger partial charge is 0.490 e. The van der Waals surface area contributed by atoms with Crippen molar-refractivity contribution in [3.63, 3.8) is 0 Å². The summed E-state index contributed by atoms with van der Waals surface area (Å²) in [6.07, 6.45) is 8.36. The topological polar surface area (TPSA) is 9.23 Å². The highest BCUT2D eigenvalue weighted by atomic mass is 79.9. The van der Waals surface area contributed by atoms with Crippen LogP contribution in [0.4, 0.5) is 0 Å².